The zero-order valence-electron chi connectivity index (χ0n) is 8.39. The molecule has 0 aliphatic carbocycles. The topological polar surface area (TPSA) is 46.6 Å². The van der Waals surface area contributed by atoms with Gasteiger partial charge in [-0.05, 0) is 19.1 Å². The maximum atomic E-state index is 11.3. The summed E-state index contributed by atoms with van der Waals surface area (Å²) in [4.78, 5) is 0. The Bertz CT molecular complexity index is 395. The minimum Gasteiger partial charge on any atom is -0.371 e. The van der Waals surface area contributed by atoms with Crippen molar-refractivity contribution in [1.29, 1.82) is 0 Å². The summed E-state index contributed by atoms with van der Waals surface area (Å²) in [6, 6.07) is 6.83. The molecule has 78 valence electrons. The normalized spacial score (nSPS) is 11.7. The average Bonchev–Trinajstić information content (AvgIpc) is 2.08. The van der Waals surface area contributed by atoms with Gasteiger partial charge in [-0.2, -0.15) is 12.7 Å². The van der Waals surface area contributed by atoms with Crippen LogP contribution < -0.4 is 4.18 Å². The van der Waals surface area contributed by atoms with Crippen molar-refractivity contribution in [2.24, 2.45) is 0 Å². The van der Waals surface area contributed by atoms with Crippen LogP contribution in [0.1, 0.15) is 5.56 Å². The van der Waals surface area contributed by atoms with E-state index in [9.17, 15) is 8.42 Å². The summed E-state index contributed by atoms with van der Waals surface area (Å²) in [6.45, 7) is 1.92. The van der Waals surface area contributed by atoms with E-state index in [4.69, 9.17) is 4.18 Å². The molecule has 5 heteroatoms. The third-order valence-corrected chi connectivity index (χ3v) is 2.97. The molecule has 1 aromatic carbocycles. The fourth-order valence-electron chi connectivity index (χ4n) is 0.790. The number of aryl methyl sites for hydroxylation is 1. The Labute approximate surface area is 84.4 Å². The number of rotatable bonds is 3. The standard InChI is InChI=1S/C9H13NO3S/c1-8-4-6-9(7-5-8)13-14(11,12)10(2)3/h4-7H,1-3H3. The van der Waals surface area contributed by atoms with Crippen molar-refractivity contribution in [1.82, 2.24) is 4.31 Å². The first-order chi connectivity index (χ1) is 6.42. The summed E-state index contributed by atoms with van der Waals surface area (Å²) in [5.41, 5.74) is 1.06. The van der Waals surface area contributed by atoms with Gasteiger partial charge < -0.3 is 4.18 Å². The molecule has 0 saturated carbocycles. The monoisotopic (exact) mass is 215 g/mol. The highest BCUT2D eigenvalue weighted by molar-refractivity contribution is 7.84. The first-order valence-corrected chi connectivity index (χ1v) is 5.47. The van der Waals surface area contributed by atoms with Crippen molar-refractivity contribution in [3.63, 3.8) is 0 Å². The van der Waals surface area contributed by atoms with Crippen molar-refractivity contribution in [3.05, 3.63) is 29.8 Å². The lowest BCUT2D eigenvalue weighted by molar-refractivity contribution is 0.421. The van der Waals surface area contributed by atoms with Gasteiger partial charge in [-0.25, -0.2) is 0 Å². The molecular formula is C9H13NO3S. The van der Waals surface area contributed by atoms with Crippen LogP contribution in [-0.2, 0) is 10.3 Å². The molecule has 0 fully saturated rings. The van der Waals surface area contributed by atoms with Gasteiger partial charge in [0.05, 0.1) is 0 Å². The average molecular weight is 215 g/mol. The molecule has 4 nitrogen and oxygen atoms in total. The van der Waals surface area contributed by atoms with Crippen LogP contribution in [0.3, 0.4) is 0 Å². The molecule has 0 saturated heterocycles. The zero-order valence-corrected chi connectivity index (χ0v) is 9.21. The molecule has 0 radical (unpaired) electrons. The van der Waals surface area contributed by atoms with Crippen molar-refractivity contribution >= 4 is 10.3 Å². The van der Waals surface area contributed by atoms with E-state index >= 15 is 0 Å². The van der Waals surface area contributed by atoms with E-state index in [1.807, 2.05) is 6.92 Å². The minimum absolute atomic E-state index is 0.323. The number of nitrogens with zero attached hydrogens (tertiary/aromatic N) is 1. The second kappa shape index (κ2) is 3.98. The fourth-order valence-corrected chi connectivity index (χ4v) is 1.29. The second-order valence-corrected chi connectivity index (χ2v) is 4.89. The highest BCUT2D eigenvalue weighted by atomic mass is 32.2. The molecule has 0 amide bonds. The molecule has 1 rings (SSSR count). The maximum absolute atomic E-state index is 11.3. The maximum Gasteiger partial charge on any atom is 0.384 e. The van der Waals surface area contributed by atoms with Gasteiger partial charge in [-0.1, -0.05) is 17.7 Å². The van der Waals surface area contributed by atoms with E-state index in [2.05, 4.69) is 0 Å². The Balaban J connectivity index is 2.85. The van der Waals surface area contributed by atoms with E-state index in [0.717, 1.165) is 9.87 Å². The van der Waals surface area contributed by atoms with Crippen molar-refractivity contribution < 1.29 is 12.6 Å². The van der Waals surface area contributed by atoms with Crippen LogP contribution >= 0.6 is 0 Å². The Morgan fingerprint density at radius 2 is 1.64 bits per heavy atom. The third-order valence-electron chi connectivity index (χ3n) is 1.67. The number of hydrogen-bond acceptors (Lipinski definition) is 3. The first kappa shape index (κ1) is 11.0. The first-order valence-electron chi connectivity index (χ1n) is 4.10. The largest absolute Gasteiger partial charge is 0.384 e. The SMILES string of the molecule is Cc1ccc(OS(=O)(=O)N(C)C)cc1. The summed E-state index contributed by atoms with van der Waals surface area (Å²) in [5.74, 6) is 0.323. The molecule has 0 N–H and O–H groups in total. The molecule has 0 aromatic heterocycles. The van der Waals surface area contributed by atoms with Gasteiger partial charge in [0, 0.05) is 14.1 Å². The van der Waals surface area contributed by atoms with Crippen LogP contribution in [0.15, 0.2) is 24.3 Å². The molecule has 0 unspecified atom stereocenters. The summed E-state index contributed by atoms with van der Waals surface area (Å²) in [7, 11) is -0.790. The van der Waals surface area contributed by atoms with Crippen LogP contribution in [0.2, 0.25) is 0 Å². The molecule has 0 aliphatic rings. The number of hydrogen-bond donors (Lipinski definition) is 0. The molecule has 0 spiro atoms. The Hall–Kier alpha value is -1.07. The highest BCUT2D eigenvalue weighted by Gasteiger charge is 2.15. The van der Waals surface area contributed by atoms with E-state index < -0.39 is 10.3 Å². The van der Waals surface area contributed by atoms with E-state index in [1.54, 1.807) is 24.3 Å². The van der Waals surface area contributed by atoms with Crippen LogP contribution in [0.25, 0.3) is 0 Å². The highest BCUT2D eigenvalue weighted by Crippen LogP contribution is 2.14. The predicted octanol–water partition coefficient (Wildman–Crippen LogP) is 1.18. The second-order valence-electron chi connectivity index (χ2n) is 3.14. The van der Waals surface area contributed by atoms with E-state index in [-0.39, 0.29) is 0 Å². The van der Waals surface area contributed by atoms with E-state index in [1.165, 1.54) is 14.1 Å². The summed E-state index contributed by atoms with van der Waals surface area (Å²) < 4.78 is 28.4. The molecule has 14 heavy (non-hydrogen) atoms. The Morgan fingerprint density at radius 1 is 1.14 bits per heavy atom. The van der Waals surface area contributed by atoms with Gasteiger partial charge in [0.2, 0.25) is 0 Å². The smallest absolute Gasteiger partial charge is 0.371 e. The summed E-state index contributed by atoms with van der Waals surface area (Å²) >= 11 is 0. The van der Waals surface area contributed by atoms with Gasteiger partial charge in [0.1, 0.15) is 5.75 Å². The van der Waals surface area contributed by atoms with Crippen molar-refractivity contribution in [3.8, 4) is 5.75 Å². The summed E-state index contributed by atoms with van der Waals surface area (Å²) in [5, 5.41) is 0. The Morgan fingerprint density at radius 3 is 2.07 bits per heavy atom. The minimum atomic E-state index is -3.63. The van der Waals surface area contributed by atoms with Gasteiger partial charge in [-0.3, -0.25) is 0 Å². The molecule has 0 heterocycles. The lowest BCUT2D eigenvalue weighted by atomic mass is 10.2. The molecule has 0 atom stereocenters. The predicted molar refractivity (Wildman–Crippen MR) is 54.4 cm³/mol. The van der Waals surface area contributed by atoms with Crippen molar-refractivity contribution in [2.45, 2.75) is 6.92 Å². The molecule has 0 bridgehead atoms. The van der Waals surface area contributed by atoms with Gasteiger partial charge in [-0.15, -0.1) is 0 Å². The lowest BCUT2D eigenvalue weighted by Crippen LogP contribution is -2.26. The van der Waals surface area contributed by atoms with E-state index in [0.29, 0.717) is 5.75 Å². The van der Waals surface area contributed by atoms with Crippen LogP contribution in [0, 0.1) is 6.92 Å². The van der Waals surface area contributed by atoms with Crippen LogP contribution in [-0.4, -0.2) is 26.8 Å². The zero-order chi connectivity index (χ0) is 10.8. The molecular weight excluding hydrogens is 202 g/mol. The molecule has 0 aliphatic heterocycles. The molecule has 1 aromatic rings. The van der Waals surface area contributed by atoms with Gasteiger partial charge in [0.25, 0.3) is 0 Å². The van der Waals surface area contributed by atoms with Crippen LogP contribution in [0.4, 0.5) is 0 Å². The fraction of sp³-hybridized carbons (Fsp3) is 0.333. The van der Waals surface area contributed by atoms with Gasteiger partial charge in [0.15, 0.2) is 0 Å². The Kier molecular flexibility index (Phi) is 3.13. The third kappa shape index (κ3) is 2.71. The lowest BCUT2D eigenvalue weighted by Gasteiger charge is -2.11. The number of benzene rings is 1. The quantitative estimate of drug-likeness (QED) is 0.760. The summed E-state index contributed by atoms with van der Waals surface area (Å²) in [6.07, 6.45) is 0. The van der Waals surface area contributed by atoms with Crippen molar-refractivity contribution in [2.75, 3.05) is 14.1 Å². The van der Waals surface area contributed by atoms with Gasteiger partial charge >= 0.3 is 10.3 Å². The van der Waals surface area contributed by atoms with Crippen LogP contribution in [0.5, 0.6) is 5.75 Å².